The maximum atomic E-state index is 13.0. The molecular weight excluding hydrogens is 456 g/mol. The van der Waals surface area contributed by atoms with E-state index in [0.717, 1.165) is 0 Å². The van der Waals surface area contributed by atoms with Crippen molar-refractivity contribution in [3.8, 4) is 22.9 Å². The molecule has 1 aromatic carbocycles. The number of hydrogen-bond acceptors (Lipinski definition) is 8. The Hall–Kier alpha value is -3.42. The number of benzene rings is 1. The van der Waals surface area contributed by atoms with Crippen molar-refractivity contribution < 1.29 is 9.53 Å². The minimum absolute atomic E-state index is 0.195. The van der Waals surface area contributed by atoms with E-state index in [9.17, 15) is 10.1 Å². The number of aromatic nitrogens is 4. The Morgan fingerprint density at radius 1 is 1.21 bits per heavy atom. The Kier molecular flexibility index (Phi) is 5.16. The van der Waals surface area contributed by atoms with Crippen molar-refractivity contribution in [1.82, 2.24) is 19.9 Å². The van der Waals surface area contributed by atoms with Gasteiger partial charge in [0.05, 0.1) is 18.9 Å². The van der Waals surface area contributed by atoms with Gasteiger partial charge in [0.2, 0.25) is 0 Å². The Morgan fingerprint density at radius 3 is 2.83 bits per heavy atom. The van der Waals surface area contributed by atoms with Gasteiger partial charge in [0, 0.05) is 17.3 Å². The van der Waals surface area contributed by atoms with Crippen LogP contribution in [-0.4, -0.2) is 33.0 Å². The van der Waals surface area contributed by atoms with Gasteiger partial charge in [0.1, 0.15) is 22.1 Å². The van der Waals surface area contributed by atoms with Gasteiger partial charge < -0.3 is 4.74 Å². The number of nitriles is 1. The normalized spacial score (nSPS) is 10.5. The second kappa shape index (κ2) is 7.90. The van der Waals surface area contributed by atoms with E-state index < -0.39 is 5.91 Å². The first-order valence-electron chi connectivity index (χ1n) is 8.23. The fraction of sp³-hybridized carbons (Fsp3) is 0.0526. The zero-order valence-corrected chi connectivity index (χ0v) is 17.3. The third kappa shape index (κ3) is 3.78. The molecule has 0 saturated heterocycles. The second-order valence-electron chi connectivity index (χ2n) is 5.72. The lowest BCUT2D eigenvalue weighted by Gasteiger charge is -2.12. The maximum Gasteiger partial charge on any atom is 0.259 e. The van der Waals surface area contributed by atoms with Crippen molar-refractivity contribution in [2.45, 2.75) is 0 Å². The summed E-state index contributed by atoms with van der Waals surface area (Å²) in [7, 11) is 1.55. The molecule has 4 rings (SSSR count). The first-order chi connectivity index (χ1) is 14.1. The van der Waals surface area contributed by atoms with Crippen LogP contribution in [-0.2, 0) is 0 Å². The number of thiazole rings is 1. The van der Waals surface area contributed by atoms with Gasteiger partial charge in [-0.05, 0) is 28.1 Å². The van der Waals surface area contributed by atoms with E-state index in [0.29, 0.717) is 37.1 Å². The largest absolute Gasteiger partial charge is 0.496 e. The molecule has 0 aliphatic rings. The van der Waals surface area contributed by atoms with E-state index in [-0.39, 0.29) is 11.3 Å². The molecule has 0 aliphatic carbocycles. The average molecular weight is 467 g/mol. The third-order valence-electron chi connectivity index (χ3n) is 3.97. The molecule has 10 heteroatoms. The molecule has 0 radical (unpaired) electrons. The number of fused-ring (bicyclic) bond motifs is 1. The van der Waals surface area contributed by atoms with Gasteiger partial charge in [0.25, 0.3) is 5.91 Å². The summed E-state index contributed by atoms with van der Waals surface area (Å²) in [6, 6.07) is 10.8. The first-order valence-corrected chi connectivity index (χ1v) is 9.84. The van der Waals surface area contributed by atoms with E-state index in [1.54, 1.807) is 19.2 Å². The highest BCUT2D eigenvalue weighted by molar-refractivity contribution is 9.10. The topological polar surface area (TPSA) is 114 Å². The fourth-order valence-electron chi connectivity index (χ4n) is 2.71. The van der Waals surface area contributed by atoms with Crippen LogP contribution < -0.4 is 10.1 Å². The van der Waals surface area contributed by atoms with Crippen LogP contribution in [0.2, 0.25) is 0 Å². The number of halogens is 1. The number of methoxy groups -OCH3 is 1. The average Bonchev–Trinajstić information content (AvgIpc) is 3.14. The van der Waals surface area contributed by atoms with Gasteiger partial charge in [-0.15, -0.1) is 0 Å². The number of rotatable bonds is 4. The molecule has 0 atom stereocenters. The van der Waals surface area contributed by atoms with E-state index in [1.807, 2.05) is 24.3 Å². The van der Waals surface area contributed by atoms with Crippen LogP contribution in [0.5, 0.6) is 5.75 Å². The van der Waals surface area contributed by atoms with Crippen LogP contribution in [0.25, 0.3) is 21.6 Å². The zero-order chi connectivity index (χ0) is 20.4. The molecule has 0 spiro atoms. The SMILES string of the molecule is COc1ccccc1-c1cc(C#N)ncc1C(=O)Nc1nc2ncc(Br)nc2s1. The van der Waals surface area contributed by atoms with E-state index in [1.165, 1.54) is 23.7 Å². The predicted molar refractivity (Wildman–Crippen MR) is 112 cm³/mol. The van der Waals surface area contributed by atoms with Crippen molar-refractivity contribution >= 4 is 48.8 Å². The summed E-state index contributed by atoms with van der Waals surface area (Å²) in [4.78, 5) is 30.4. The number of hydrogen-bond donors (Lipinski definition) is 1. The van der Waals surface area contributed by atoms with Crippen LogP contribution in [0.1, 0.15) is 16.1 Å². The predicted octanol–water partition coefficient (Wildman–Crippen LogP) is 4.04. The molecule has 3 aromatic heterocycles. The molecular formula is C19H11BrN6O2S. The van der Waals surface area contributed by atoms with Gasteiger partial charge in [-0.2, -0.15) is 10.2 Å². The highest BCUT2D eigenvalue weighted by Crippen LogP contribution is 2.33. The summed E-state index contributed by atoms with van der Waals surface area (Å²) >= 11 is 4.47. The van der Waals surface area contributed by atoms with E-state index >= 15 is 0 Å². The monoisotopic (exact) mass is 466 g/mol. The quantitative estimate of drug-likeness (QED) is 0.482. The summed E-state index contributed by atoms with van der Waals surface area (Å²) in [5, 5.41) is 12.4. The number of amides is 1. The molecule has 3 heterocycles. The summed E-state index contributed by atoms with van der Waals surface area (Å²) in [5.41, 5.74) is 2.13. The molecule has 142 valence electrons. The van der Waals surface area contributed by atoms with Crippen molar-refractivity contribution in [3.05, 3.63) is 58.6 Å². The Balaban J connectivity index is 1.75. The lowest BCUT2D eigenvalue weighted by molar-refractivity contribution is 0.102. The van der Waals surface area contributed by atoms with E-state index in [4.69, 9.17) is 4.74 Å². The van der Waals surface area contributed by atoms with Crippen molar-refractivity contribution in [2.24, 2.45) is 0 Å². The summed E-state index contributed by atoms with van der Waals surface area (Å²) in [6.07, 6.45) is 2.91. The van der Waals surface area contributed by atoms with Crippen LogP contribution in [0.4, 0.5) is 5.13 Å². The van der Waals surface area contributed by atoms with Gasteiger partial charge in [-0.1, -0.05) is 29.5 Å². The lowest BCUT2D eigenvalue weighted by atomic mass is 9.99. The summed E-state index contributed by atoms with van der Waals surface area (Å²) in [5.74, 6) is 0.163. The molecule has 0 fully saturated rings. The van der Waals surface area contributed by atoms with Gasteiger partial charge in [-0.3, -0.25) is 10.1 Å². The minimum Gasteiger partial charge on any atom is -0.496 e. The van der Waals surface area contributed by atoms with Crippen LogP contribution >= 0.6 is 27.3 Å². The van der Waals surface area contributed by atoms with Crippen molar-refractivity contribution in [1.29, 1.82) is 5.26 Å². The molecule has 4 aromatic rings. The molecule has 0 unspecified atom stereocenters. The molecule has 29 heavy (non-hydrogen) atoms. The summed E-state index contributed by atoms with van der Waals surface area (Å²) in [6.45, 7) is 0. The number of pyridine rings is 1. The van der Waals surface area contributed by atoms with E-state index in [2.05, 4.69) is 41.2 Å². The molecule has 1 N–H and O–H groups in total. The molecule has 0 bridgehead atoms. The van der Waals surface area contributed by atoms with Crippen LogP contribution in [0.3, 0.4) is 0 Å². The molecule has 1 amide bonds. The number of nitrogens with one attached hydrogen (secondary N) is 1. The van der Waals surface area contributed by atoms with Gasteiger partial charge in [0.15, 0.2) is 15.6 Å². The number of anilines is 1. The smallest absolute Gasteiger partial charge is 0.259 e. The highest BCUT2D eigenvalue weighted by Gasteiger charge is 2.19. The third-order valence-corrected chi connectivity index (χ3v) is 5.21. The van der Waals surface area contributed by atoms with Crippen molar-refractivity contribution in [2.75, 3.05) is 12.4 Å². The second-order valence-corrected chi connectivity index (χ2v) is 7.51. The standard InChI is InChI=1S/C19H11BrN6O2S/c1-28-14-5-3-2-4-11(14)12-6-10(7-21)22-8-13(12)17(27)26-19-25-16-18(29-19)24-15(20)9-23-16/h2-6,8-9H,1H3,(H,23,25,26,27). The Labute approximate surface area is 177 Å². The molecule has 8 nitrogen and oxygen atoms in total. The Morgan fingerprint density at radius 2 is 2.03 bits per heavy atom. The lowest BCUT2D eigenvalue weighted by Crippen LogP contribution is -2.14. The fourth-order valence-corrected chi connectivity index (χ4v) is 3.90. The highest BCUT2D eigenvalue weighted by atomic mass is 79.9. The summed E-state index contributed by atoms with van der Waals surface area (Å²) < 4.78 is 6.00. The van der Waals surface area contributed by atoms with Gasteiger partial charge >= 0.3 is 0 Å². The van der Waals surface area contributed by atoms with Crippen LogP contribution in [0.15, 0.2) is 47.3 Å². The maximum absolute atomic E-state index is 13.0. The first kappa shape index (κ1) is 18.9. The number of carbonyl (C=O) groups is 1. The zero-order valence-electron chi connectivity index (χ0n) is 14.9. The number of carbonyl (C=O) groups excluding carboxylic acids is 1. The number of para-hydroxylation sites is 1. The van der Waals surface area contributed by atoms with Gasteiger partial charge in [-0.25, -0.2) is 15.0 Å². The van der Waals surface area contributed by atoms with Crippen LogP contribution in [0, 0.1) is 11.3 Å². The van der Waals surface area contributed by atoms with Crippen molar-refractivity contribution in [3.63, 3.8) is 0 Å². The number of ether oxygens (including phenoxy) is 1. The minimum atomic E-state index is -0.416. The number of nitrogens with zero attached hydrogens (tertiary/aromatic N) is 5. The Bertz CT molecular complexity index is 1280. The molecule has 0 aliphatic heterocycles. The molecule has 0 saturated carbocycles.